The zero-order valence-corrected chi connectivity index (χ0v) is 7.81. The highest BCUT2D eigenvalue weighted by Gasteiger charge is 2.18. The Morgan fingerprint density at radius 2 is 2.33 bits per heavy atom. The molecule has 0 fully saturated rings. The van der Waals surface area contributed by atoms with Gasteiger partial charge in [0.2, 0.25) is 0 Å². The number of aryl methyl sites for hydroxylation is 1. The van der Waals surface area contributed by atoms with Gasteiger partial charge in [0.1, 0.15) is 6.04 Å². The molecule has 0 amide bonds. The molecule has 0 radical (unpaired) electrons. The van der Waals surface area contributed by atoms with Gasteiger partial charge in [-0.1, -0.05) is 0 Å². The van der Waals surface area contributed by atoms with Crippen LogP contribution in [0.2, 0.25) is 0 Å². The van der Waals surface area contributed by atoms with E-state index in [2.05, 4.69) is 5.32 Å². The maximum absolute atomic E-state index is 10.7. The molecule has 0 saturated carbocycles. The second kappa shape index (κ2) is 3.69. The van der Waals surface area contributed by atoms with Gasteiger partial charge in [0.15, 0.2) is 0 Å². The summed E-state index contributed by atoms with van der Waals surface area (Å²) >= 11 is 1.51. The van der Waals surface area contributed by atoms with Crippen molar-refractivity contribution in [1.29, 1.82) is 0 Å². The Bertz CT molecular complexity index is 282. The van der Waals surface area contributed by atoms with E-state index in [1.54, 1.807) is 7.05 Å². The highest BCUT2D eigenvalue weighted by atomic mass is 32.1. The first-order valence-corrected chi connectivity index (χ1v) is 4.43. The third-order valence-electron chi connectivity index (χ3n) is 1.58. The quantitative estimate of drug-likeness (QED) is 0.748. The van der Waals surface area contributed by atoms with E-state index in [1.807, 2.05) is 19.1 Å². The molecule has 12 heavy (non-hydrogen) atoms. The summed E-state index contributed by atoms with van der Waals surface area (Å²) in [6.45, 7) is 1.96. The summed E-state index contributed by atoms with van der Waals surface area (Å²) in [5.74, 6) is -0.834. The molecule has 1 heterocycles. The largest absolute Gasteiger partial charge is 0.480 e. The number of likely N-dealkylation sites (N-methyl/N-ethyl adjacent to an activating group) is 1. The molecule has 3 nitrogen and oxygen atoms in total. The fraction of sp³-hybridized carbons (Fsp3) is 0.375. The molecule has 0 aliphatic heterocycles. The number of thiophene rings is 1. The van der Waals surface area contributed by atoms with E-state index in [4.69, 9.17) is 5.11 Å². The average molecular weight is 185 g/mol. The smallest absolute Gasteiger partial charge is 0.326 e. The van der Waals surface area contributed by atoms with Gasteiger partial charge in [-0.2, -0.15) is 0 Å². The van der Waals surface area contributed by atoms with Crippen LogP contribution in [0.4, 0.5) is 0 Å². The zero-order valence-electron chi connectivity index (χ0n) is 7.00. The van der Waals surface area contributed by atoms with E-state index in [9.17, 15) is 4.79 Å². The van der Waals surface area contributed by atoms with Gasteiger partial charge in [0, 0.05) is 9.75 Å². The van der Waals surface area contributed by atoms with Crippen LogP contribution in [0.3, 0.4) is 0 Å². The van der Waals surface area contributed by atoms with E-state index in [0.29, 0.717) is 0 Å². The molecular formula is C8H11NO2S. The first-order chi connectivity index (χ1) is 5.65. The first kappa shape index (κ1) is 9.22. The second-order valence-electron chi connectivity index (χ2n) is 2.51. The van der Waals surface area contributed by atoms with Crippen molar-refractivity contribution < 1.29 is 9.90 Å². The average Bonchev–Trinajstić information content (AvgIpc) is 2.37. The summed E-state index contributed by atoms with van der Waals surface area (Å²) < 4.78 is 0. The number of aliphatic carboxylic acids is 1. The Morgan fingerprint density at radius 1 is 1.67 bits per heavy atom. The fourth-order valence-electron chi connectivity index (χ4n) is 0.996. The summed E-state index contributed by atoms with van der Waals surface area (Å²) in [4.78, 5) is 12.7. The number of hydrogen-bond acceptors (Lipinski definition) is 3. The van der Waals surface area contributed by atoms with Gasteiger partial charge >= 0.3 is 5.97 Å². The molecule has 1 aromatic heterocycles. The Labute approximate surface area is 75.0 Å². The van der Waals surface area contributed by atoms with Gasteiger partial charge < -0.3 is 10.4 Å². The molecule has 0 aliphatic rings. The predicted molar refractivity (Wildman–Crippen MR) is 48.5 cm³/mol. The monoisotopic (exact) mass is 185 g/mol. The number of rotatable bonds is 3. The Kier molecular flexibility index (Phi) is 2.83. The molecule has 0 aromatic carbocycles. The van der Waals surface area contributed by atoms with E-state index in [-0.39, 0.29) is 0 Å². The minimum Gasteiger partial charge on any atom is -0.480 e. The Hall–Kier alpha value is -0.870. The molecule has 1 unspecified atom stereocenters. The minimum atomic E-state index is -0.834. The van der Waals surface area contributed by atoms with Crippen molar-refractivity contribution in [2.24, 2.45) is 0 Å². The molecule has 1 aromatic rings. The number of carboxylic acid groups (broad SMARTS) is 1. The van der Waals surface area contributed by atoms with Crippen molar-refractivity contribution in [2.75, 3.05) is 7.05 Å². The van der Waals surface area contributed by atoms with Gasteiger partial charge in [-0.25, -0.2) is 0 Å². The first-order valence-electron chi connectivity index (χ1n) is 3.61. The Balaban J connectivity index is 2.87. The summed E-state index contributed by atoms with van der Waals surface area (Å²) in [7, 11) is 1.65. The van der Waals surface area contributed by atoms with Crippen molar-refractivity contribution in [3.8, 4) is 0 Å². The standard InChI is InChI=1S/C8H11NO2S/c1-5-3-4-6(12-5)7(9-2)8(10)11/h3-4,7,9H,1-2H3,(H,10,11). The maximum atomic E-state index is 10.7. The van der Waals surface area contributed by atoms with Crippen LogP contribution in [0.1, 0.15) is 15.8 Å². The summed E-state index contributed by atoms with van der Waals surface area (Å²) in [6, 6.07) is 3.20. The summed E-state index contributed by atoms with van der Waals surface area (Å²) in [5, 5.41) is 11.5. The van der Waals surface area contributed by atoms with Gasteiger partial charge in [0.25, 0.3) is 0 Å². The lowest BCUT2D eigenvalue weighted by Gasteiger charge is -2.07. The van der Waals surface area contributed by atoms with Gasteiger partial charge in [0.05, 0.1) is 0 Å². The third kappa shape index (κ3) is 1.84. The number of nitrogens with one attached hydrogen (secondary N) is 1. The van der Waals surface area contributed by atoms with Crippen LogP contribution in [-0.2, 0) is 4.79 Å². The third-order valence-corrected chi connectivity index (χ3v) is 2.65. The highest BCUT2D eigenvalue weighted by molar-refractivity contribution is 7.12. The lowest BCUT2D eigenvalue weighted by molar-refractivity contribution is -0.139. The van der Waals surface area contributed by atoms with Crippen LogP contribution in [0, 0.1) is 6.92 Å². The predicted octanol–water partition coefficient (Wildman–Crippen LogP) is 1.40. The molecule has 0 saturated heterocycles. The van der Waals surface area contributed by atoms with Crippen molar-refractivity contribution in [3.05, 3.63) is 21.9 Å². The van der Waals surface area contributed by atoms with Crippen LogP contribution in [0.5, 0.6) is 0 Å². The summed E-state index contributed by atoms with van der Waals surface area (Å²) in [6.07, 6.45) is 0. The minimum absolute atomic E-state index is 0.566. The lowest BCUT2D eigenvalue weighted by atomic mass is 10.2. The fourth-order valence-corrected chi connectivity index (χ4v) is 1.98. The van der Waals surface area contributed by atoms with Crippen LogP contribution in [0.15, 0.2) is 12.1 Å². The van der Waals surface area contributed by atoms with Crippen LogP contribution >= 0.6 is 11.3 Å². The maximum Gasteiger partial charge on any atom is 0.326 e. The van der Waals surface area contributed by atoms with Crippen molar-refractivity contribution in [1.82, 2.24) is 5.32 Å². The topological polar surface area (TPSA) is 49.3 Å². The molecule has 0 aliphatic carbocycles. The normalized spacial score (nSPS) is 12.8. The molecule has 0 bridgehead atoms. The van der Waals surface area contributed by atoms with Crippen LogP contribution < -0.4 is 5.32 Å². The molecule has 2 N–H and O–H groups in total. The lowest BCUT2D eigenvalue weighted by Crippen LogP contribution is -2.23. The molecule has 66 valence electrons. The van der Waals surface area contributed by atoms with Gasteiger partial charge in [-0.15, -0.1) is 11.3 Å². The van der Waals surface area contributed by atoms with Crippen LogP contribution in [-0.4, -0.2) is 18.1 Å². The van der Waals surface area contributed by atoms with Gasteiger partial charge in [-0.3, -0.25) is 4.79 Å². The van der Waals surface area contributed by atoms with E-state index in [1.165, 1.54) is 11.3 Å². The van der Waals surface area contributed by atoms with Crippen molar-refractivity contribution in [3.63, 3.8) is 0 Å². The van der Waals surface area contributed by atoms with E-state index >= 15 is 0 Å². The van der Waals surface area contributed by atoms with Crippen molar-refractivity contribution >= 4 is 17.3 Å². The molecule has 4 heteroatoms. The Morgan fingerprint density at radius 3 is 2.67 bits per heavy atom. The second-order valence-corrected chi connectivity index (χ2v) is 3.83. The van der Waals surface area contributed by atoms with Crippen molar-refractivity contribution in [2.45, 2.75) is 13.0 Å². The number of hydrogen-bond donors (Lipinski definition) is 2. The van der Waals surface area contributed by atoms with E-state index in [0.717, 1.165) is 9.75 Å². The van der Waals surface area contributed by atoms with Crippen LogP contribution in [0.25, 0.3) is 0 Å². The molecule has 0 spiro atoms. The van der Waals surface area contributed by atoms with Gasteiger partial charge in [-0.05, 0) is 26.1 Å². The van der Waals surface area contributed by atoms with E-state index < -0.39 is 12.0 Å². The molecule has 1 rings (SSSR count). The summed E-state index contributed by atoms with van der Waals surface area (Å²) in [5.41, 5.74) is 0. The molecular weight excluding hydrogens is 174 g/mol. The molecule has 1 atom stereocenters. The zero-order chi connectivity index (χ0) is 9.14. The number of carbonyl (C=O) groups is 1. The number of carboxylic acids is 1. The SMILES string of the molecule is CNC(C(=O)O)c1ccc(C)s1. The highest BCUT2D eigenvalue weighted by Crippen LogP contribution is 2.22.